The lowest BCUT2D eigenvalue weighted by Crippen LogP contribution is -2.15. The molecule has 2 N–H and O–H groups in total. The molecule has 15 heavy (non-hydrogen) atoms. The van der Waals surface area contributed by atoms with Crippen LogP contribution in [-0.2, 0) is 12.7 Å². The zero-order chi connectivity index (χ0) is 11.6. The number of nitrogen functional groups attached to an aromatic ring is 1. The maximum absolute atomic E-state index is 12.2. The molecule has 0 aliphatic rings. The fraction of sp³-hybridized carbons (Fsp3) is 0.400. The zero-order valence-electron chi connectivity index (χ0n) is 7.03. The summed E-state index contributed by atoms with van der Waals surface area (Å²) in [6.07, 6.45) is -4.69. The van der Waals surface area contributed by atoms with E-state index in [1.54, 1.807) is 0 Å². The number of aromatic nitrogens is 2. The summed E-state index contributed by atoms with van der Waals surface area (Å²) in [6, 6.07) is 0. The highest BCUT2D eigenvalue weighted by Crippen LogP contribution is 2.35. The lowest BCUT2D eigenvalue weighted by atomic mass is 10.3. The summed E-state index contributed by atoms with van der Waals surface area (Å²) >= 11 is 5.38. The van der Waals surface area contributed by atoms with Crippen molar-refractivity contribution in [2.75, 3.05) is 5.84 Å². The number of azide groups is 1. The Balaban J connectivity index is 3.20. The van der Waals surface area contributed by atoms with Crippen LogP contribution in [0.3, 0.4) is 0 Å². The molecule has 0 amide bonds. The summed E-state index contributed by atoms with van der Waals surface area (Å²) in [4.78, 5) is 2.82. The van der Waals surface area contributed by atoms with Crippen molar-refractivity contribution in [1.82, 2.24) is 9.89 Å². The highest BCUT2D eigenvalue weighted by molar-refractivity contribution is 6.32. The Kier molecular flexibility index (Phi) is 2.96. The Morgan fingerprint density at radius 1 is 1.60 bits per heavy atom. The van der Waals surface area contributed by atoms with Crippen molar-refractivity contribution in [3.8, 4) is 0 Å². The quantitative estimate of drug-likeness (QED) is 0.371. The van der Waals surface area contributed by atoms with Gasteiger partial charge in [0.05, 0.1) is 17.3 Å². The van der Waals surface area contributed by atoms with Gasteiger partial charge in [-0.15, -0.1) is 5.10 Å². The van der Waals surface area contributed by atoms with E-state index in [1.165, 1.54) is 0 Å². The van der Waals surface area contributed by atoms with Crippen LogP contribution in [-0.4, -0.2) is 9.89 Å². The number of nitrogens with zero attached hydrogens (tertiary/aromatic N) is 5. The molecule has 0 aliphatic carbocycles. The molecule has 1 aromatic heterocycles. The van der Waals surface area contributed by atoms with Crippen LogP contribution in [0, 0.1) is 0 Å². The van der Waals surface area contributed by atoms with Gasteiger partial charge >= 0.3 is 6.18 Å². The molecule has 0 spiro atoms. The highest BCUT2D eigenvalue weighted by atomic mass is 35.5. The molecule has 0 bridgehead atoms. The van der Waals surface area contributed by atoms with Gasteiger partial charge in [-0.05, 0) is 5.53 Å². The standard InChI is InChI=1S/C5H4ClF3N6/c6-3-2(1-12-14-10)15(11)13-4(3)5(7,8)9/h1,11H2. The van der Waals surface area contributed by atoms with Crippen LogP contribution < -0.4 is 5.84 Å². The molecule has 10 heteroatoms. The third-order valence-electron chi connectivity index (χ3n) is 1.50. The summed E-state index contributed by atoms with van der Waals surface area (Å²) in [5, 5.41) is 5.38. The van der Waals surface area contributed by atoms with Crippen LogP contribution in [0.5, 0.6) is 0 Å². The fourth-order valence-electron chi connectivity index (χ4n) is 0.871. The van der Waals surface area contributed by atoms with E-state index < -0.39 is 23.4 Å². The van der Waals surface area contributed by atoms with Crippen LogP contribution in [0.1, 0.15) is 11.4 Å². The predicted molar refractivity (Wildman–Crippen MR) is 45.2 cm³/mol. The fourth-order valence-corrected chi connectivity index (χ4v) is 1.16. The Morgan fingerprint density at radius 2 is 2.20 bits per heavy atom. The molecule has 0 unspecified atom stereocenters. The summed E-state index contributed by atoms with van der Waals surface area (Å²) in [7, 11) is 0. The molecule has 0 fully saturated rings. The van der Waals surface area contributed by atoms with E-state index in [0.717, 1.165) is 0 Å². The number of hydrogen-bond donors (Lipinski definition) is 1. The number of nitrogens with two attached hydrogens (primary N) is 1. The smallest absolute Gasteiger partial charge is 0.323 e. The van der Waals surface area contributed by atoms with Gasteiger partial charge in [0.2, 0.25) is 0 Å². The lowest BCUT2D eigenvalue weighted by Gasteiger charge is -2.00. The Morgan fingerprint density at radius 3 is 2.60 bits per heavy atom. The molecule has 0 aromatic carbocycles. The minimum atomic E-state index is -4.69. The molecular weight excluding hydrogens is 237 g/mol. The highest BCUT2D eigenvalue weighted by Gasteiger charge is 2.38. The maximum Gasteiger partial charge on any atom is 0.436 e. The molecule has 82 valence electrons. The van der Waals surface area contributed by atoms with Crippen molar-refractivity contribution in [2.24, 2.45) is 5.11 Å². The third-order valence-corrected chi connectivity index (χ3v) is 1.89. The summed E-state index contributed by atoms with van der Waals surface area (Å²) < 4.78 is 36.7. The maximum atomic E-state index is 12.2. The average molecular weight is 241 g/mol. The van der Waals surface area contributed by atoms with Crippen LogP contribution in [0.2, 0.25) is 5.02 Å². The van der Waals surface area contributed by atoms with Gasteiger partial charge in [0.25, 0.3) is 0 Å². The molecule has 0 saturated carbocycles. The van der Waals surface area contributed by atoms with Crippen molar-refractivity contribution in [3.05, 3.63) is 26.9 Å². The molecule has 1 heterocycles. The van der Waals surface area contributed by atoms with Crippen LogP contribution >= 0.6 is 11.6 Å². The van der Waals surface area contributed by atoms with Crippen molar-refractivity contribution < 1.29 is 13.2 Å². The van der Waals surface area contributed by atoms with Gasteiger partial charge in [-0.2, -0.15) is 18.0 Å². The molecule has 0 radical (unpaired) electrons. The monoisotopic (exact) mass is 240 g/mol. The summed E-state index contributed by atoms with van der Waals surface area (Å²) in [5.41, 5.74) is 6.51. The van der Waals surface area contributed by atoms with Gasteiger partial charge in [-0.25, -0.2) is 0 Å². The number of alkyl halides is 3. The molecule has 6 nitrogen and oxygen atoms in total. The Labute approximate surface area is 86.0 Å². The molecule has 0 saturated heterocycles. The van der Waals surface area contributed by atoms with Gasteiger partial charge < -0.3 is 5.84 Å². The van der Waals surface area contributed by atoms with E-state index >= 15 is 0 Å². The summed E-state index contributed by atoms with van der Waals surface area (Å²) in [5.74, 6) is 5.12. The van der Waals surface area contributed by atoms with Gasteiger partial charge in [-0.3, -0.25) is 0 Å². The second-order valence-electron chi connectivity index (χ2n) is 2.44. The second-order valence-corrected chi connectivity index (χ2v) is 2.82. The van der Waals surface area contributed by atoms with Gasteiger partial charge in [0.15, 0.2) is 5.69 Å². The van der Waals surface area contributed by atoms with Crippen LogP contribution in [0.15, 0.2) is 5.11 Å². The first-order valence-electron chi connectivity index (χ1n) is 3.48. The van der Waals surface area contributed by atoms with E-state index in [9.17, 15) is 13.2 Å². The largest absolute Gasteiger partial charge is 0.436 e. The SMILES string of the molecule is [N-]=[N+]=NCc1c(Cl)c(C(F)(F)F)nn1N. The Bertz CT molecular complexity index is 417. The van der Waals surface area contributed by atoms with E-state index in [2.05, 4.69) is 15.1 Å². The number of halogens is 4. The molecular formula is C5H4ClF3N6. The van der Waals surface area contributed by atoms with E-state index in [-0.39, 0.29) is 5.69 Å². The van der Waals surface area contributed by atoms with E-state index in [4.69, 9.17) is 23.0 Å². The first-order valence-corrected chi connectivity index (χ1v) is 3.86. The first-order chi connectivity index (χ1) is 6.88. The van der Waals surface area contributed by atoms with Crippen molar-refractivity contribution >= 4 is 11.6 Å². The number of hydrogen-bond acceptors (Lipinski definition) is 3. The van der Waals surface area contributed by atoms with Gasteiger partial charge in [0.1, 0.15) is 0 Å². The minimum Gasteiger partial charge on any atom is -0.323 e. The van der Waals surface area contributed by atoms with E-state index in [1.807, 2.05) is 0 Å². The zero-order valence-corrected chi connectivity index (χ0v) is 7.79. The van der Waals surface area contributed by atoms with Gasteiger partial charge in [0, 0.05) is 4.91 Å². The van der Waals surface area contributed by atoms with Crippen LogP contribution in [0.4, 0.5) is 13.2 Å². The Hall–Kier alpha value is -1.60. The first kappa shape index (κ1) is 11.5. The third kappa shape index (κ3) is 2.25. The minimum absolute atomic E-state index is 0.193. The van der Waals surface area contributed by atoms with Crippen molar-refractivity contribution in [2.45, 2.75) is 12.7 Å². The summed E-state index contributed by atoms with van der Waals surface area (Å²) in [6.45, 7) is -0.394. The molecule has 0 aliphatic heterocycles. The number of rotatable bonds is 2. The second kappa shape index (κ2) is 3.87. The van der Waals surface area contributed by atoms with Crippen LogP contribution in [0.25, 0.3) is 10.4 Å². The van der Waals surface area contributed by atoms with Crippen molar-refractivity contribution in [1.29, 1.82) is 0 Å². The molecule has 1 rings (SSSR count). The topological polar surface area (TPSA) is 92.6 Å². The molecule has 1 aromatic rings. The normalized spacial score (nSPS) is 11.2. The van der Waals surface area contributed by atoms with E-state index in [0.29, 0.717) is 4.79 Å². The lowest BCUT2D eigenvalue weighted by molar-refractivity contribution is -0.141. The molecule has 0 atom stereocenters. The van der Waals surface area contributed by atoms with Crippen molar-refractivity contribution in [3.63, 3.8) is 0 Å². The predicted octanol–water partition coefficient (Wildman–Crippen LogP) is 2.08. The average Bonchev–Trinajstić information content (AvgIpc) is 2.39. The van der Waals surface area contributed by atoms with Gasteiger partial charge in [-0.1, -0.05) is 16.7 Å².